The highest BCUT2D eigenvalue weighted by atomic mass is 79.9. The molecule has 4 heteroatoms. The lowest BCUT2D eigenvalue weighted by molar-refractivity contribution is -0.0527. The zero-order valence-corrected chi connectivity index (χ0v) is 12.0. The summed E-state index contributed by atoms with van der Waals surface area (Å²) in [6.07, 6.45) is 6.10. The molecule has 94 valence electrons. The second kappa shape index (κ2) is 5.46. The van der Waals surface area contributed by atoms with Crippen molar-refractivity contribution in [3.8, 4) is 0 Å². The number of halogens is 1. The maximum Gasteiger partial charge on any atom is 0.0777 e. The fourth-order valence-electron chi connectivity index (χ4n) is 2.41. The van der Waals surface area contributed by atoms with E-state index >= 15 is 0 Å². The van der Waals surface area contributed by atoms with Crippen LogP contribution in [-0.2, 0) is 11.3 Å². The number of pyridine rings is 1. The van der Waals surface area contributed by atoms with Gasteiger partial charge in [-0.15, -0.1) is 0 Å². The van der Waals surface area contributed by atoms with Crippen molar-refractivity contribution in [1.29, 1.82) is 0 Å². The number of piperidine rings is 1. The van der Waals surface area contributed by atoms with Crippen molar-refractivity contribution >= 4 is 15.9 Å². The molecule has 0 aliphatic carbocycles. The molecule has 3 nitrogen and oxygen atoms in total. The van der Waals surface area contributed by atoms with Crippen LogP contribution >= 0.6 is 15.9 Å². The van der Waals surface area contributed by atoms with E-state index in [1.54, 1.807) is 0 Å². The lowest BCUT2D eigenvalue weighted by Crippen LogP contribution is -2.46. The predicted octanol–water partition coefficient (Wildman–Crippen LogP) is 2.85. The van der Waals surface area contributed by atoms with Crippen LogP contribution in [0.5, 0.6) is 0 Å². The molecule has 2 rings (SSSR count). The third-order valence-corrected chi connectivity index (χ3v) is 3.83. The molecule has 0 amide bonds. The van der Waals surface area contributed by atoms with E-state index in [4.69, 9.17) is 4.74 Å². The van der Waals surface area contributed by atoms with Crippen LogP contribution in [0.3, 0.4) is 0 Å². The molecule has 2 heterocycles. The van der Waals surface area contributed by atoms with Crippen LogP contribution in [0.15, 0.2) is 22.9 Å². The number of ether oxygens (including phenoxy) is 1. The summed E-state index contributed by atoms with van der Waals surface area (Å²) in [5, 5.41) is 0. The van der Waals surface area contributed by atoms with Crippen molar-refractivity contribution in [2.45, 2.75) is 31.9 Å². The Kier molecular flexibility index (Phi) is 4.17. The van der Waals surface area contributed by atoms with Crippen molar-refractivity contribution in [2.75, 3.05) is 20.2 Å². The molecule has 1 fully saturated rings. The highest BCUT2D eigenvalue weighted by Crippen LogP contribution is 2.25. The summed E-state index contributed by atoms with van der Waals surface area (Å²) >= 11 is 3.46. The van der Waals surface area contributed by atoms with Gasteiger partial charge in [0.05, 0.1) is 5.60 Å². The molecule has 0 saturated carbocycles. The van der Waals surface area contributed by atoms with Gasteiger partial charge in [0.1, 0.15) is 0 Å². The zero-order valence-electron chi connectivity index (χ0n) is 10.4. The van der Waals surface area contributed by atoms with Crippen LogP contribution in [0.4, 0.5) is 0 Å². The number of hydrogen-bond acceptors (Lipinski definition) is 3. The average Bonchev–Trinajstić information content (AvgIpc) is 2.29. The maximum atomic E-state index is 5.60. The minimum absolute atomic E-state index is 0.0116. The second-order valence-electron chi connectivity index (χ2n) is 4.98. The Morgan fingerprint density at radius 1 is 1.53 bits per heavy atom. The topological polar surface area (TPSA) is 25.4 Å². The van der Waals surface area contributed by atoms with E-state index in [0.29, 0.717) is 0 Å². The van der Waals surface area contributed by atoms with E-state index in [2.05, 4.69) is 38.8 Å². The maximum absolute atomic E-state index is 5.60. The Morgan fingerprint density at radius 2 is 2.35 bits per heavy atom. The molecule has 0 radical (unpaired) electrons. The Hall–Kier alpha value is -0.450. The largest absolute Gasteiger partial charge is 0.377 e. The lowest BCUT2D eigenvalue weighted by atomic mass is 9.94. The highest BCUT2D eigenvalue weighted by Gasteiger charge is 2.30. The van der Waals surface area contributed by atoms with Crippen LogP contribution in [-0.4, -0.2) is 35.7 Å². The van der Waals surface area contributed by atoms with Gasteiger partial charge in [0.25, 0.3) is 0 Å². The molecular weight excluding hydrogens is 280 g/mol. The van der Waals surface area contributed by atoms with Gasteiger partial charge >= 0.3 is 0 Å². The molecule has 0 N–H and O–H groups in total. The number of rotatable bonds is 3. The first kappa shape index (κ1) is 13.0. The van der Waals surface area contributed by atoms with Crippen molar-refractivity contribution in [1.82, 2.24) is 9.88 Å². The van der Waals surface area contributed by atoms with E-state index in [-0.39, 0.29) is 5.60 Å². The molecule has 17 heavy (non-hydrogen) atoms. The minimum Gasteiger partial charge on any atom is -0.377 e. The molecule has 1 unspecified atom stereocenters. The molecule has 1 aromatic rings. The Labute approximate surface area is 111 Å². The molecule has 1 aliphatic rings. The summed E-state index contributed by atoms with van der Waals surface area (Å²) in [5.41, 5.74) is 1.26. The number of hydrogen-bond donors (Lipinski definition) is 0. The minimum atomic E-state index is 0.0116. The smallest absolute Gasteiger partial charge is 0.0777 e. The first-order valence-corrected chi connectivity index (χ1v) is 6.77. The van der Waals surface area contributed by atoms with Crippen molar-refractivity contribution in [3.05, 3.63) is 28.5 Å². The van der Waals surface area contributed by atoms with Crippen LogP contribution in [0.1, 0.15) is 25.3 Å². The van der Waals surface area contributed by atoms with E-state index in [1.165, 1.54) is 12.0 Å². The van der Waals surface area contributed by atoms with Gasteiger partial charge in [-0.3, -0.25) is 9.88 Å². The van der Waals surface area contributed by atoms with Crippen LogP contribution in [0.2, 0.25) is 0 Å². The fraction of sp³-hybridized carbons (Fsp3) is 0.615. The summed E-state index contributed by atoms with van der Waals surface area (Å²) in [7, 11) is 1.81. The summed E-state index contributed by atoms with van der Waals surface area (Å²) in [4.78, 5) is 6.64. The van der Waals surface area contributed by atoms with E-state index in [0.717, 1.165) is 30.5 Å². The summed E-state index contributed by atoms with van der Waals surface area (Å²) in [5.74, 6) is 0. The van der Waals surface area contributed by atoms with Crippen LogP contribution in [0, 0.1) is 0 Å². The Balaban J connectivity index is 1.99. The molecule has 1 saturated heterocycles. The third-order valence-electron chi connectivity index (χ3n) is 3.40. The van der Waals surface area contributed by atoms with Gasteiger partial charge in [-0.05, 0) is 53.9 Å². The lowest BCUT2D eigenvalue weighted by Gasteiger charge is -2.39. The first-order chi connectivity index (χ1) is 8.11. The van der Waals surface area contributed by atoms with Crippen molar-refractivity contribution < 1.29 is 4.74 Å². The van der Waals surface area contributed by atoms with Crippen molar-refractivity contribution in [3.63, 3.8) is 0 Å². The van der Waals surface area contributed by atoms with Gasteiger partial charge in [-0.25, -0.2) is 0 Å². The summed E-state index contributed by atoms with van der Waals surface area (Å²) < 4.78 is 6.65. The van der Waals surface area contributed by atoms with Gasteiger partial charge in [0.15, 0.2) is 0 Å². The van der Waals surface area contributed by atoms with Crippen LogP contribution in [0.25, 0.3) is 0 Å². The van der Waals surface area contributed by atoms with E-state index in [1.807, 2.05) is 19.5 Å². The SMILES string of the molecule is COC1(C)CCCN(Cc2cncc(Br)c2)C1. The first-order valence-electron chi connectivity index (χ1n) is 5.98. The third kappa shape index (κ3) is 3.50. The zero-order chi connectivity index (χ0) is 12.3. The molecule has 0 aromatic carbocycles. The van der Waals surface area contributed by atoms with Gasteiger partial charge < -0.3 is 4.74 Å². The van der Waals surface area contributed by atoms with E-state index in [9.17, 15) is 0 Å². The predicted molar refractivity (Wildman–Crippen MR) is 71.9 cm³/mol. The summed E-state index contributed by atoms with van der Waals surface area (Å²) in [6.45, 7) is 5.28. The number of likely N-dealkylation sites (tertiary alicyclic amines) is 1. The number of methoxy groups -OCH3 is 1. The summed E-state index contributed by atoms with van der Waals surface area (Å²) in [6, 6.07) is 2.13. The Morgan fingerprint density at radius 3 is 3.06 bits per heavy atom. The molecular formula is C13H19BrN2O. The van der Waals surface area contributed by atoms with E-state index < -0.39 is 0 Å². The highest BCUT2D eigenvalue weighted by molar-refractivity contribution is 9.10. The van der Waals surface area contributed by atoms with Crippen LogP contribution < -0.4 is 0 Å². The van der Waals surface area contributed by atoms with Gasteiger partial charge in [-0.2, -0.15) is 0 Å². The van der Waals surface area contributed by atoms with Crippen molar-refractivity contribution in [2.24, 2.45) is 0 Å². The average molecular weight is 299 g/mol. The molecule has 0 spiro atoms. The standard InChI is InChI=1S/C13H19BrN2O/c1-13(17-2)4-3-5-16(10-13)9-11-6-12(14)8-15-7-11/h6-8H,3-5,9-10H2,1-2H3. The quantitative estimate of drug-likeness (QED) is 0.858. The van der Waals surface area contributed by atoms with Gasteiger partial charge in [0, 0.05) is 37.1 Å². The monoisotopic (exact) mass is 298 g/mol. The normalized spacial score (nSPS) is 26.1. The second-order valence-corrected chi connectivity index (χ2v) is 5.90. The van der Waals surface area contributed by atoms with Gasteiger partial charge in [-0.1, -0.05) is 0 Å². The molecule has 0 bridgehead atoms. The number of aromatic nitrogens is 1. The molecule has 1 aromatic heterocycles. The Bertz CT molecular complexity index is 385. The fourth-order valence-corrected chi connectivity index (χ4v) is 2.82. The molecule has 1 aliphatic heterocycles. The van der Waals surface area contributed by atoms with Gasteiger partial charge in [0.2, 0.25) is 0 Å². The molecule has 1 atom stereocenters. The number of nitrogens with zero attached hydrogens (tertiary/aromatic N) is 2.